The highest BCUT2D eigenvalue weighted by molar-refractivity contribution is 7.47. The first kappa shape index (κ1) is 87.0. The molecule has 5 atom stereocenters. The molecular formula is C73H124O16P2. The lowest BCUT2D eigenvalue weighted by Gasteiger charge is -2.21. The van der Waals surface area contributed by atoms with Gasteiger partial charge in [-0.05, 0) is 128 Å². The SMILES string of the molecule is CC/C=C\C/C=C\C/C=C\C/C=C\C/C=C\CCCCCCCC(=O)OCC(O)COP(=O)(O)OCC(O)COP(=O)(O)OCC(COC(=O)CCCCCCCC/C=C\C/C=C\C/C=C\C/C=C\CC)OC(=O)CCCCCCC/C=C\CCCCCCCC. The number of ether oxygens (including phenoxy) is 3. The van der Waals surface area contributed by atoms with Gasteiger partial charge in [-0.3, -0.25) is 32.5 Å². The molecule has 0 aromatic carbocycles. The first-order chi connectivity index (χ1) is 44.2. The van der Waals surface area contributed by atoms with Crippen molar-refractivity contribution in [3.05, 3.63) is 122 Å². The molecule has 4 N–H and O–H groups in total. The number of aliphatic hydroxyl groups is 2. The molecule has 0 fully saturated rings. The number of carbonyl (C=O) groups excluding carboxylic acids is 3. The number of phosphoric acid groups is 2. The number of rotatable bonds is 65. The van der Waals surface area contributed by atoms with E-state index in [9.17, 15) is 43.5 Å². The van der Waals surface area contributed by atoms with E-state index < -0.39 is 91.5 Å². The molecule has 0 rings (SSSR count). The molecule has 0 radical (unpaired) electrons. The number of unbranched alkanes of at least 4 members (excludes halogenated alkanes) is 22. The average molecular weight is 1320 g/mol. The summed E-state index contributed by atoms with van der Waals surface area (Å²) in [7, 11) is -9.79. The fourth-order valence-electron chi connectivity index (χ4n) is 8.88. The summed E-state index contributed by atoms with van der Waals surface area (Å²) in [5.41, 5.74) is 0. The zero-order chi connectivity index (χ0) is 66.7. The molecule has 0 bridgehead atoms. The van der Waals surface area contributed by atoms with Crippen molar-refractivity contribution in [3.63, 3.8) is 0 Å². The van der Waals surface area contributed by atoms with Gasteiger partial charge >= 0.3 is 33.6 Å². The van der Waals surface area contributed by atoms with Crippen molar-refractivity contribution in [1.82, 2.24) is 0 Å². The Bertz CT molecular complexity index is 2140. The van der Waals surface area contributed by atoms with Crippen LogP contribution in [0.2, 0.25) is 0 Å². The molecule has 0 saturated heterocycles. The second kappa shape index (κ2) is 66.0. The van der Waals surface area contributed by atoms with Crippen molar-refractivity contribution in [2.45, 2.75) is 283 Å². The number of allylic oxidation sites excluding steroid dienone is 20. The van der Waals surface area contributed by atoms with Gasteiger partial charge in [0, 0.05) is 19.3 Å². The van der Waals surface area contributed by atoms with Gasteiger partial charge in [-0.25, -0.2) is 9.13 Å². The molecule has 0 aliphatic heterocycles. The number of esters is 3. The zero-order valence-corrected chi connectivity index (χ0v) is 58.3. The van der Waals surface area contributed by atoms with E-state index in [4.69, 9.17) is 32.3 Å². The van der Waals surface area contributed by atoms with Crippen molar-refractivity contribution in [3.8, 4) is 0 Å². The van der Waals surface area contributed by atoms with Crippen LogP contribution in [0.15, 0.2) is 122 Å². The van der Waals surface area contributed by atoms with Gasteiger partial charge in [-0.2, -0.15) is 0 Å². The molecule has 0 aromatic rings. The monoisotopic (exact) mass is 1320 g/mol. The van der Waals surface area contributed by atoms with Crippen LogP contribution in [0.25, 0.3) is 0 Å². The third-order valence-corrected chi connectivity index (χ3v) is 16.1. The molecule has 0 amide bonds. The quantitative estimate of drug-likeness (QED) is 0.0146. The zero-order valence-electron chi connectivity index (χ0n) is 56.5. The summed E-state index contributed by atoms with van der Waals surface area (Å²) in [6.07, 6.45) is 75.3. The minimum atomic E-state index is -4.93. The molecule has 18 heteroatoms. The fraction of sp³-hybridized carbons (Fsp3) is 0.685. The summed E-state index contributed by atoms with van der Waals surface area (Å²) in [5, 5.41) is 20.6. The highest BCUT2D eigenvalue weighted by atomic mass is 31.2. The van der Waals surface area contributed by atoms with Crippen LogP contribution in [0, 0.1) is 0 Å². The van der Waals surface area contributed by atoms with E-state index in [1.54, 1.807) is 0 Å². The Morgan fingerprint density at radius 1 is 0.319 bits per heavy atom. The largest absolute Gasteiger partial charge is 0.472 e. The van der Waals surface area contributed by atoms with Crippen LogP contribution in [0.4, 0.5) is 0 Å². The van der Waals surface area contributed by atoms with Gasteiger partial charge in [0.15, 0.2) is 6.10 Å². The summed E-state index contributed by atoms with van der Waals surface area (Å²) >= 11 is 0. The van der Waals surface area contributed by atoms with Crippen molar-refractivity contribution in [2.24, 2.45) is 0 Å². The number of aliphatic hydroxyl groups excluding tert-OH is 2. The van der Waals surface area contributed by atoms with E-state index in [2.05, 4.69) is 142 Å². The van der Waals surface area contributed by atoms with Crippen molar-refractivity contribution in [1.29, 1.82) is 0 Å². The van der Waals surface area contributed by atoms with Gasteiger partial charge in [0.1, 0.15) is 25.4 Å². The van der Waals surface area contributed by atoms with Crippen LogP contribution in [0.1, 0.15) is 265 Å². The molecule has 522 valence electrons. The van der Waals surface area contributed by atoms with Gasteiger partial charge in [-0.1, -0.05) is 239 Å². The molecule has 5 unspecified atom stereocenters. The first-order valence-electron chi connectivity index (χ1n) is 34.8. The molecule has 0 aliphatic rings. The summed E-state index contributed by atoms with van der Waals surface area (Å²) in [5.74, 6) is -1.62. The van der Waals surface area contributed by atoms with Gasteiger partial charge in [0.05, 0.1) is 26.4 Å². The summed E-state index contributed by atoms with van der Waals surface area (Å²) < 4.78 is 60.9. The highest BCUT2D eigenvalue weighted by Crippen LogP contribution is 2.45. The van der Waals surface area contributed by atoms with Crippen LogP contribution in [-0.2, 0) is 55.8 Å². The predicted molar refractivity (Wildman–Crippen MR) is 371 cm³/mol. The molecule has 0 saturated carbocycles. The Morgan fingerprint density at radius 3 is 0.934 bits per heavy atom. The van der Waals surface area contributed by atoms with Crippen LogP contribution < -0.4 is 0 Å². The lowest BCUT2D eigenvalue weighted by Crippen LogP contribution is -2.30. The van der Waals surface area contributed by atoms with Crippen LogP contribution in [0.3, 0.4) is 0 Å². The van der Waals surface area contributed by atoms with Crippen molar-refractivity contribution >= 4 is 33.6 Å². The minimum Gasteiger partial charge on any atom is -0.463 e. The van der Waals surface area contributed by atoms with E-state index in [1.807, 2.05) is 0 Å². The molecule has 0 spiro atoms. The number of phosphoric ester groups is 2. The summed E-state index contributed by atoms with van der Waals surface area (Å²) in [6, 6.07) is 0. The number of hydrogen-bond donors (Lipinski definition) is 4. The number of carbonyl (C=O) groups is 3. The van der Waals surface area contributed by atoms with Crippen molar-refractivity contribution < 1.29 is 75.8 Å². The predicted octanol–water partition coefficient (Wildman–Crippen LogP) is 19.4. The Kier molecular flexibility index (Phi) is 63.1. The van der Waals surface area contributed by atoms with Crippen LogP contribution >= 0.6 is 15.6 Å². The topological polar surface area (TPSA) is 231 Å². The Labute approximate surface area is 551 Å². The fourth-order valence-corrected chi connectivity index (χ4v) is 10.5. The van der Waals surface area contributed by atoms with E-state index in [0.717, 1.165) is 167 Å². The van der Waals surface area contributed by atoms with Gasteiger partial charge in [-0.15, -0.1) is 0 Å². The van der Waals surface area contributed by atoms with Crippen LogP contribution in [-0.4, -0.2) is 95.9 Å². The lowest BCUT2D eigenvalue weighted by molar-refractivity contribution is -0.161. The average Bonchev–Trinajstić information content (AvgIpc) is 3.09. The highest BCUT2D eigenvalue weighted by Gasteiger charge is 2.29. The third-order valence-electron chi connectivity index (χ3n) is 14.2. The summed E-state index contributed by atoms with van der Waals surface area (Å²) in [4.78, 5) is 58.4. The molecule has 16 nitrogen and oxygen atoms in total. The van der Waals surface area contributed by atoms with E-state index in [-0.39, 0.29) is 19.3 Å². The Hall–Kier alpha value is -4.05. The minimum absolute atomic E-state index is 0.0887. The summed E-state index contributed by atoms with van der Waals surface area (Å²) in [6.45, 7) is 2.38. The van der Waals surface area contributed by atoms with Gasteiger partial charge in [0.25, 0.3) is 0 Å². The molecule has 91 heavy (non-hydrogen) atoms. The maximum Gasteiger partial charge on any atom is 0.472 e. The standard InChI is InChI=1S/C73H124O16P2/c1-4-7-10-13-16-19-22-25-28-30-32-33-35-37-39-41-44-47-50-53-56-59-71(76)83-62-68(74)63-85-90(79,80)86-64-69(75)65-87-91(81,82)88-67-70(89-73(78)61-58-55-52-49-46-43-38-27-24-21-18-15-12-9-6-3)66-84-72(77)60-57-54-51-48-45-42-40-36-34-31-29-26-23-20-17-14-11-8-5-2/h7-8,10-11,16-17,19-20,25-29,32-34,36-39,68-70,74-75H,4-6,9,12-15,18,21-24,30-31,35,40-67H2,1-3H3,(H,79,80)(H,81,82)/b10-7-,11-8-,19-16-,20-17-,28-25-,29-26-,33-32-,36-34-,38-27-,39-37-. The van der Waals surface area contributed by atoms with E-state index in [0.29, 0.717) is 19.3 Å². The molecule has 0 aliphatic carbocycles. The third kappa shape index (κ3) is 67.2. The lowest BCUT2D eigenvalue weighted by atomic mass is 10.1. The van der Waals surface area contributed by atoms with E-state index >= 15 is 0 Å². The number of hydrogen-bond acceptors (Lipinski definition) is 14. The Morgan fingerprint density at radius 2 is 0.582 bits per heavy atom. The normalized spacial score (nSPS) is 14.9. The molecule has 0 aromatic heterocycles. The first-order valence-corrected chi connectivity index (χ1v) is 37.8. The van der Waals surface area contributed by atoms with Gasteiger partial charge in [0.2, 0.25) is 0 Å². The Balaban J connectivity index is 4.70. The molecular weight excluding hydrogens is 1190 g/mol. The second-order valence-electron chi connectivity index (χ2n) is 22.9. The molecule has 0 heterocycles. The maximum atomic E-state index is 12.9. The van der Waals surface area contributed by atoms with Gasteiger partial charge < -0.3 is 34.2 Å². The maximum absolute atomic E-state index is 12.9. The van der Waals surface area contributed by atoms with E-state index in [1.165, 1.54) is 38.5 Å². The second-order valence-corrected chi connectivity index (χ2v) is 25.8. The smallest absolute Gasteiger partial charge is 0.463 e. The van der Waals surface area contributed by atoms with Crippen LogP contribution in [0.5, 0.6) is 0 Å². The van der Waals surface area contributed by atoms with Crippen molar-refractivity contribution in [2.75, 3.05) is 39.6 Å².